The number of H-pyrrole nitrogens is 1. The molecule has 0 unspecified atom stereocenters. The molecule has 1 N–H and O–H groups in total. The molecular formula is C24H18ClF3N4O5S. The normalized spacial score (nSPS) is 15.2. The SMILES string of the molecule is CC1(C)CN(S(=O)(=O)c2ccc(-c3noc(=O)[nH]3)c(Cl)c2)c2ccc(-c3ccc(C(F)(F)F)cc3)nc2O1. The smallest absolute Gasteiger partial charge is 0.439 e. The summed E-state index contributed by atoms with van der Waals surface area (Å²) in [5.74, 6) is -0.741. The molecule has 3 heterocycles. The van der Waals surface area contributed by atoms with Gasteiger partial charge in [0, 0.05) is 11.1 Å². The van der Waals surface area contributed by atoms with E-state index in [0.717, 1.165) is 16.4 Å². The van der Waals surface area contributed by atoms with Gasteiger partial charge >= 0.3 is 11.9 Å². The van der Waals surface area contributed by atoms with Gasteiger partial charge in [0.25, 0.3) is 10.0 Å². The van der Waals surface area contributed by atoms with E-state index in [9.17, 15) is 26.4 Å². The van der Waals surface area contributed by atoms with Crippen LogP contribution in [0.25, 0.3) is 22.6 Å². The van der Waals surface area contributed by atoms with Crippen LogP contribution in [0.4, 0.5) is 18.9 Å². The highest BCUT2D eigenvalue weighted by Gasteiger charge is 2.40. The monoisotopic (exact) mass is 566 g/mol. The maximum atomic E-state index is 13.7. The van der Waals surface area contributed by atoms with E-state index in [1.165, 1.54) is 42.5 Å². The molecule has 2 aromatic heterocycles. The molecule has 14 heteroatoms. The molecule has 1 aliphatic rings. The zero-order valence-corrected chi connectivity index (χ0v) is 21.3. The van der Waals surface area contributed by atoms with Crippen LogP contribution in [-0.2, 0) is 16.2 Å². The number of halogens is 4. The molecule has 0 aliphatic carbocycles. The fourth-order valence-corrected chi connectivity index (χ4v) is 5.92. The molecule has 2 aromatic carbocycles. The van der Waals surface area contributed by atoms with Gasteiger partial charge in [-0.05, 0) is 56.3 Å². The number of ether oxygens (including phenoxy) is 1. The van der Waals surface area contributed by atoms with Crippen LogP contribution in [0.3, 0.4) is 0 Å². The van der Waals surface area contributed by atoms with Crippen molar-refractivity contribution in [1.82, 2.24) is 15.1 Å². The number of aromatic amines is 1. The first kappa shape index (κ1) is 25.8. The van der Waals surface area contributed by atoms with Gasteiger partial charge in [0.1, 0.15) is 11.3 Å². The summed E-state index contributed by atoms with van der Waals surface area (Å²) in [5, 5.41) is 3.57. The van der Waals surface area contributed by atoms with Crippen LogP contribution in [-0.4, -0.2) is 35.7 Å². The number of fused-ring (bicyclic) bond motifs is 1. The van der Waals surface area contributed by atoms with Crippen molar-refractivity contribution in [2.45, 2.75) is 30.5 Å². The molecule has 0 spiro atoms. The van der Waals surface area contributed by atoms with Gasteiger partial charge in [-0.2, -0.15) is 13.2 Å². The second kappa shape index (κ2) is 8.88. The number of pyridine rings is 1. The van der Waals surface area contributed by atoms with Gasteiger partial charge in [-0.1, -0.05) is 28.9 Å². The van der Waals surface area contributed by atoms with E-state index in [1.54, 1.807) is 13.8 Å². The molecule has 1 aliphatic heterocycles. The van der Waals surface area contributed by atoms with Crippen molar-refractivity contribution in [1.29, 1.82) is 0 Å². The van der Waals surface area contributed by atoms with E-state index >= 15 is 0 Å². The standard InChI is InChI=1S/C24H18ClF3N4O5S/c1-23(2)12-32(38(34,35)15-7-8-16(17(25)11-15)20-30-22(33)37-31-20)19-10-9-18(29-21(19)36-23)13-3-5-14(6-4-13)24(26,27)28/h3-11H,12H2,1-2H3,(H,30,31,33). The van der Waals surface area contributed by atoms with Crippen molar-refractivity contribution < 1.29 is 30.8 Å². The minimum absolute atomic E-state index is 0.00473. The van der Waals surface area contributed by atoms with Crippen LogP contribution >= 0.6 is 11.6 Å². The first-order valence-corrected chi connectivity index (χ1v) is 12.8. The zero-order chi connectivity index (χ0) is 27.5. The lowest BCUT2D eigenvalue weighted by atomic mass is 10.1. The fourth-order valence-electron chi connectivity index (χ4n) is 3.95. The van der Waals surface area contributed by atoms with Gasteiger partial charge in [0.15, 0.2) is 5.82 Å². The maximum absolute atomic E-state index is 13.7. The quantitative estimate of drug-likeness (QED) is 0.364. The Balaban J connectivity index is 1.53. The molecule has 4 aromatic rings. The molecule has 0 fully saturated rings. The summed E-state index contributed by atoms with van der Waals surface area (Å²) in [5.41, 5.74) is -0.663. The van der Waals surface area contributed by atoms with Gasteiger partial charge in [0.05, 0.1) is 27.7 Å². The van der Waals surface area contributed by atoms with Crippen molar-refractivity contribution in [3.8, 4) is 28.5 Å². The zero-order valence-electron chi connectivity index (χ0n) is 19.7. The fraction of sp³-hybridized carbons (Fsp3) is 0.208. The van der Waals surface area contributed by atoms with Gasteiger partial charge < -0.3 is 4.74 Å². The second-order valence-electron chi connectivity index (χ2n) is 9.05. The van der Waals surface area contributed by atoms with Gasteiger partial charge in [0.2, 0.25) is 5.88 Å². The molecule has 0 radical (unpaired) electrons. The summed E-state index contributed by atoms with van der Waals surface area (Å²) >= 11 is 6.31. The maximum Gasteiger partial charge on any atom is 0.439 e. The lowest BCUT2D eigenvalue weighted by molar-refractivity contribution is -0.137. The Morgan fingerprint density at radius 1 is 1.08 bits per heavy atom. The van der Waals surface area contributed by atoms with Crippen LogP contribution < -0.4 is 14.8 Å². The number of sulfonamides is 1. The first-order chi connectivity index (χ1) is 17.7. The van der Waals surface area contributed by atoms with Gasteiger partial charge in [-0.25, -0.2) is 18.2 Å². The molecule has 0 atom stereocenters. The highest BCUT2D eigenvalue weighted by Crippen LogP contribution is 2.41. The number of hydrogen-bond acceptors (Lipinski definition) is 7. The van der Waals surface area contributed by atoms with Crippen LogP contribution in [0.15, 0.2) is 68.8 Å². The van der Waals surface area contributed by atoms with Crippen LogP contribution in [0.5, 0.6) is 5.88 Å². The van der Waals surface area contributed by atoms with Crippen LogP contribution in [0, 0.1) is 0 Å². The highest BCUT2D eigenvalue weighted by atomic mass is 35.5. The molecule has 9 nitrogen and oxygen atoms in total. The summed E-state index contributed by atoms with van der Waals surface area (Å²) in [6.07, 6.45) is -4.48. The molecule has 0 amide bonds. The van der Waals surface area contributed by atoms with E-state index in [0.29, 0.717) is 11.3 Å². The highest BCUT2D eigenvalue weighted by molar-refractivity contribution is 7.92. The van der Waals surface area contributed by atoms with Crippen molar-refractivity contribution in [3.05, 3.63) is 75.7 Å². The minimum Gasteiger partial charge on any atom is -0.468 e. The molecule has 198 valence electrons. The molecule has 0 bridgehead atoms. The Labute approximate surface area is 218 Å². The number of hydrogen-bond donors (Lipinski definition) is 1. The predicted molar refractivity (Wildman–Crippen MR) is 131 cm³/mol. The summed E-state index contributed by atoms with van der Waals surface area (Å²) < 4.78 is 77.8. The van der Waals surface area contributed by atoms with E-state index in [1.807, 2.05) is 0 Å². The van der Waals surface area contributed by atoms with E-state index in [4.69, 9.17) is 16.3 Å². The van der Waals surface area contributed by atoms with Crippen molar-refractivity contribution in [2.24, 2.45) is 0 Å². The lowest BCUT2D eigenvalue weighted by Gasteiger charge is -2.39. The topological polar surface area (TPSA) is 118 Å². The summed E-state index contributed by atoms with van der Waals surface area (Å²) in [6.45, 7) is 3.31. The van der Waals surface area contributed by atoms with Crippen LogP contribution in [0.1, 0.15) is 19.4 Å². The van der Waals surface area contributed by atoms with E-state index < -0.39 is 33.1 Å². The van der Waals surface area contributed by atoms with Crippen molar-refractivity contribution >= 4 is 27.3 Å². The molecule has 38 heavy (non-hydrogen) atoms. The number of nitrogens with zero attached hydrogens (tertiary/aromatic N) is 3. The number of anilines is 1. The van der Waals surface area contributed by atoms with Crippen molar-refractivity contribution in [3.63, 3.8) is 0 Å². The Hall–Kier alpha value is -3.84. The Morgan fingerprint density at radius 3 is 2.39 bits per heavy atom. The Morgan fingerprint density at radius 2 is 1.79 bits per heavy atom. The van der Waals surface area contributed by atoms with Crippen molar-refractivity contribution in [2.75, 3.05) is 10.8 Å². The Kier molecular flexibility index (Phi) is 6.03. The van der Waals surface area contributed by atoms with E-state index in [-0.39, 0.29) is 39.4 Å². The second-order valence-corrected chi connectivity index (χ2v) is 11.3. The minimum atomic E-state index is -4.48. The number of aromatic nitrogens is 3. The molecule has 0 saturated heterocycles. The van der Waals surface area contributed by atoms with Gasteiger partial charge in [-0.3, -0.25) is 13.8 Å². The average molecular weight is 567 g/mol. The third-order valence-corrected chi connectivity index (χ3v) is 7.81. The van der Waals surface area contributed by atoms with E-state index in [2.05, 4.69) is 19.6 Å². The average Bonchev–Trinajstić information content (AvgIpc) is 3.27. The summed E-state index contributed by atoms with van der Waals surface area (Å²) in [7, 11) is -4.17. The number of rotatable bonds is 4. The predicted octanol–water partition coefficient (Wildman–Crippen LogP) is 5.13. The van der Waals surface area contributed by atoms with Crippen LogP contribution in [0.2, 0.25) is 5.02 Å². The molecule has 0 saturated carbocycles. The lowest BCUT2D eigenvalue weighted by Crippen LogP contribution is -2.49. The third-order valence-electron chi connectivity index (χ3n) is 5.74. The number of benzene rings is 2. The largest absolute Gasteiger partial charge is 0.468 e. The first-order valence-electron chi connectivity index (χ1n) is 11.0. The summed E-state index contributed by atoms with van der Waals surface area (Å²) in [6, 6.07) is 11.4. The summed E-state index contributed by atoms with van der Waals surface area (Å²) in [4.78, 5) is 17.9. The third kappa shape index (κ3) is 4.74. The number of nitrogens with one attached hydrogen (secondary N) is 1. The number of alkyl halides is 3. The molecule has 5 rings (SSSR count). The van der Waals surface area contributed by atoms with Gasteiger partial charge in [-0.15, -0.1) is 0 Å². The Bertz CT molecular complexity index is 1700. The molecular weight excluding hydrogens is 549 g/mol.